The molecule has 0 aromatic heterocycles. The fourth-order valence-corrected chi connectivity index (χ4v) is 1.02. The molecule has 0 unspecified atom stereocenters. The summed E-state index contributed by atoms with van der Waals surface area (Å²) in [6.45, 7) is 3.74. The first kappa shape index (κ1) is 8.80. The van der Waals surface area contributed by atoms with Gasteiger partial charge in [0.05, 0.1) is 5.56 Å². The third kappa shape index (κ3) is 1.85. The highest BCUT2D eigenvalue weighted by Gasteiger charge is 1.98. The monoisotopic (exact) mass is 162 g/mol. The third-order valence-corrected chi connectivity index (χ3v) is 1.70. The Labute approximate surface area is 72.4 Å². The SMILES string of the molecule is CC#Cc1cc(CC)ccc1F. The van der Waals surface area contributed by atoms with Crippen molar-refractivity contribution < 1.29 is 4.39 Å². The van der Waals surface area contributed by atoms with E-state index < -0.39 is 0 Å². The molecule has 1 rings (SSSR count). The summed E-state index contributed by atoms with van der Waals surface area (Å²) < 4.78 is 13.0. The highest BCUT2D eigenvalue weighted by Crippen LogP contribution is 2.09. The van der Waals surface area contributed by atoms with Crippen LogP contribution in [0.2, 0.25) is 0 Å². The van der Waals surface area contributed by atoms with Gasteiger partial charge in [0.25, 0.3) is 0 Å². The van der Waals surface area contributed by atoms with Crippen molar-refractivity contribution in [2.24, 2.45) is 0 Å². The summed E-state index contributed by atoms with van der Waals surface area (Å²) in [6.07, 6.45) is 0.915. The van der Waals surface area contributed by atoms with Crippen LogP contribution in [0.15, 0.2) is 18.2 Å². The van der Waals surface area contributed by atoms with E-state index in [1.54, 1.807) is 19.1 Å². The number of halogens is 1. The minimum absolute atomic E-state index is 0.235. The topological polar surface area (TPSA) is 0 Å². The number of aryl methyl sites for hydroxylation is 1. The van der Waals surface area contributed by atoms with Gasteiger partial charge >= 0.3 is 0 Å². The molecule has 0 aliphatic carbocycles. The van der Waals surface area contributed by atoms with Crippen LogP contribution in [0, 0.1) is 17.7 Å². The fourth-order valence-electron chi connectivity index (χ4n) is 1.02. The second-order valence-corrected chi connectivity index (χ2v) is 2.54. The van der Waals surface area contributed by atoms with Crippen molar-refractivity contribution in [2.75, 3.05) is 0 Å². The zero-order valence-corrected chi connectivity index (χ0v) is 7.32. The van der Waals surface area contributed by atoms with E-state index in [1.165, 1.54) is 6.07 Å². The first-order chi connectivity index (χ1) is 5.77. The molecule has 0 radical (unpaired) electrons. The minimum atomic E-state index is -0.235. The maximum Gasteiger partial charge on any atom is 0.138 e. The molecule has 62 valence electrons. The zero-order chi connectivity index (χ0) is 8.97. The molecule has 0 saturated carbocycles. The number of hydrogen-bond acceptors (Lipinski definition) is 0. The average molecular weight is 162 g/mol. The first-order valence-electron chi connectivity index (χ1n) is 3.99. The standard InChI is InChI=1S/C11H11F/c1-3-5-10-8-9(4-2)6-7-11(10)12/h6-8H,4H2,1-2H3. The van der Waals surface area contributed by atoms with Gasteiger partial charge in [-0.3, -0.25) is 0 Å². The number of rotatable bonds is 1. The van der Waals surface area contributed by atoms with Gasteiger partial charge in [-0.25, -0.2) is 4.39 Å². The quantitative estimate of drug-likeness (QED) is 0.557. The molecule has 0 nitrogen and oxygen atoms in total. The van der Waals surface area contributed by atoms with Gasteiger partial charge in [-0.1, -0.05) is 18.9 Å². The van der Waals surface area contributed by atoms with Crippen molar-refractivity contribution in [1.29, 1.82) is 0 Å². The zero-order valence-electron chi connectivity index (χ0n) is 7.32. The molecule has 12 heavy (non-hydrogen) atoms. The van der Waals surface area contributed by atoms with Gasteiger partial charge < -0.3 is 0 Å². The van der Waals surface area contributed by atoms with Crippen molar-refractivity contribution in [3.8, 4) is 11.8 Å². The molecule has 0 bridgehead atoms. The fraction of sp³-hybridized carbons (Fsp3) is 0.273. The number of benzene rings is 1. The molecule has 0 fully saturated rings. The maximum absolute atomic E-state index is 13.0. The Kier molecular flexibility index (Phi) is 2.88. The van der Waals surface area contributed by atoms with Crippen LogP contribution in [0.25, 0.3) is 0 Å². The van der Waals surface area contributed by atoms with E-state index in [9.17, 15) is 4.39 Å². The summed E-state index contributed by atoms with van der Waals surface area (Å²) in [5.74, 6) is 5.18. The van der Waals surface area contributed by atoms with Crippen LogP contribution in [0.4, 0.5) is 4.39 Å². The lowest BCUT2D eigenvalue weighted by molar-refractivity contribution is 0.623. The smallest absolute Gasteiger partial charge is 0.138 e. The first-order valence-corrected chi connectivity index (χ1v) is 3.99. The second kappa shape index (κ2) is 3.92. The number of hydrogen-bond donors (Lipinski definition) is 0. The summed E-state index contributed by atoms with van der Waals surface area (Å²) in [5, 5.41) is 0. The Bertz CT molecular complexity index is 329. The van der Waals surface area contributed by atoms with Crippen molar-refractivity contribution in [2.45, 2.75) is 20.3 Å². The van der Waals surface area contributed by atoms with Gasteiger partial charge in [-0.2, -0.15) is 0 Å². The molecule has 0 amide bonds. The van der Waals surface area contributed by atoms with Crippen molar-refractivity contribution in [3.63, 3.8) is 0 Å². The summed E-state index contributed by atoms with van der Waals surface area (Å²) in [4.78, 5) is 0. The van der Waals surface area contributed by atoms with Crippen LogP contribution in [-0.4, -0.2) is 0 Å². The largest absolute Gasteiger partial charge is 0.206 e. The Morgan fingerprint density at radius 1 is 1.42 bits per heavy atom. The molecule has 1 aromatic rings. The lowest BCUT2D eigenvalue weighted by Crippen LogP contribution is -1.87. The van der Waals surface area contributed by atoms with E-state index in [0.717, 1.165) is 12.0 Å². The highest BCUT2D eigenvalue weighted by atomic mass is 19.1. The molecule has 1 heteroatoms. The summed E-state index contributed by atoms with van der Waals surface area (Å²) in [7, 11) is 0. The van der Waals surface area contributed by atoms with Gasteiger partial charge in [-0.05, 0) is 31.0 Å². The van der Waals surface area contributed by atoms with Crippen LogP contribution in [0.3, 0.4) is 0 Å². The summed E-state index contributed by atoms with van der Waals surface area (Å²) in [5.41, 5.74) is 1.62. The Balaban J connectivity index is 3.14. The lowest BCUT2D eigenvalue weighted by atomic mass is 10.1. The van der Waals surface area contributed by atoms with Gasteiger partial charge in [0.15, 0.2) is 0 Å². The van der Waals surface area contributed by atoms with Crippen LogP contribution in [-0.2, 0) is 6.42 Å². The van der Waals surface area contributed by atoms with Gasteiger partial charge in [0, 0.05) is 0 Å². The van der Waals surface area contributed by atoms with Crippen LogP contribution < -0.4 is 0 Å². The second-order valence-electron chi connectivity index (χ2n) is 2.54. The molecule has 0 aliphatic rings. The predicted molar refractivity (Wildman–Crippen MR) is 48.3 cm³/mol. The van der Waals surface area contributed by atoms with Crippen molar-refractivity contribution in [3.05, 3.63) is 35.1 Å². The van der Waals surface area contributed by atoms with E-state index in [-0.39, 0.29) is 5.82 Å². The highest BCUT2D eigenvalue weighted by molar-refractivity contribution is 5.38. The molecule has 0 heterocycles. The molecule has 0 saturated heterocycles. The molecular weight excluding hydrogens is 151 g/mol. The van der Waals surface area contributed by atoms with Crippen LogP contribution in [0.1, 0.15) is 25.0 Å². The third-order valence-electron chi connectivity index (χ3n) is 1.70. The Hall–Kier alpha value is -1.29. The Morgan fingerprint density at radius 2 is 2.17 bits per heavy atom. The van der Waals surface area contributed by atoms with E-state index in [0.29, 0.717) is 5.56 Å². The van der Waals surface area contributed by atoms with E-state index in [4.69, 9.17) is 0 Å². The van der Waals surface area contributed by atoms with Gasteiger partial charge in [-0.15, -0.1) is 5.92 Å². The van der Waals surface area contributed by atoms with E-state index in [1.807, 2.05) is 6.92 Å². The minimum Gasteiger partial charge on any atom is -0.206 e. The van der Waals surface area contributed by atoms with Crippen LogP contribution >= 0.6 is 0 Å². The summed E-state index contributed by atoms with van der Waals surface area (Å²) in [6, 6.07) is 5.06. The van der Waals surface area contributed by atoms with Crippen LogP contribution in [0.5, 0.6) is 0 Å². The van der Waals surface area contributed by atoms with Crippen molar-refractivity contribution >= 4 is 0 Å². The Morgan fingerprint density at radius 3 is 2.75 bits per heavy atom. The molecule has 1 aromatic carbocycles. The normalized spacial score (nSPS) is 8.92. The van der Waals surface area contributed by atoms with Gasteiger partial charge in [0.2, 0.25) is 0 Å². The molecule has 0 spiro atoms. The molecule has 0 N–H and O–H groups in total. The summed E-state index contributed by atoms with van der Waals surface area (Å²) >= 11 is 0. The van der Waals surface area contributed by atoms with E-state index >= 15 is 0 Å². The van der Waals surface area contributed by atoms with Gasteiger partial charge in [0.1, 0.15) is 5.82 Å². The van der Waals surface area contributed by atoms with Crippen molar-refractivity contribution in [1.82, 2.24) is 0 Å². The predicted octanol–water partition coefficient (Wildman–Crippen LogP) is 2.76. The molecule has 0 atom stereocenters. The molecular formula is C11H11F. The van der Waals surface area contributed by atoms with E-state index in [2.05, 4.69) is 11.8 Å². The maximum atomic E-state index is 13.0. The average Bonchev–Trinajstić information content (AvgIpc) is 2.09. The molecule has 0 aliphatic heterocycles. The lowest BCUT2D eigenvalue weighted by Gasteiger charge is -1.98.